The maximum absolute atomic E-state index is 2.66. The van der Waals surface area contributed by atoms with Crippen LogP contribution in [0.25, 0.3) is 49.7 Å². The molecule has 270 valence electrons. The van der Waals surface area contributed by atoms with Crippen LogP contribution in [0.4, 0.5) is 28.4 Å². The van der Waals surface area contributed by atoms with Gasteiger partial charge in [0.25, 0.3) is 0 Å². The number of hydrogen-bond donors (Lipinski definition) is 0. The molecule has 3 nitrogen and oxygen atoms in total. The van der Waals surface area contributed by atoms with Crippen LogP contribution < -0.4 is 20.6 Å². The Morgan fingerprint density at radius 3 is 1.95 bits per heavy atom. The molecule has 0 amide bonds. The Balaban J connectivity index is 1.33. The molecule has 3 aliphatic rings. The van der Waals surface area contributed by atoms with Crippen molar-refractivity contribution in [2.24, 2.45) is 0 Å². The van der Waals surface area contributed by atoms with Crippen molar-refractivity contribution in [3.8, 4) is 27.9 Å². The minimum atomic E-state index is -0.143. The van der Waals surface area contributed by atoms with E-state index in [0.717, 1.165) is 11.4 Å². The predicted octanol–water partition coefficient (Wildman–Crippen LogP) is 12.4. The van der Waals surface area contributed by atoms with Gasteiger partial charge < -0.3 is 14.3 Å². The number of aryl methyl sites for hydroxylation is 2. The second-order valence-electron chi connectivity index (χ2n) is 16.7. The van der Waals surface area contributed by atoms with Crippen LogP contribution in [0.3, 0.4) is 0 Å². The largest absolute Gasteiger partial charge is 0.376 e. The first-order chi connectivity index (χ1) is 27.9. The summed E-state index contributed by atoms with van der Waals surface area (Å²) in [5, 5.41) is 2.53. The van der Waals surface area contributed by atoms with Crippen molar-refractivity contribution < 1.29 is 0 Å². The Bertz CT molecular complexity index is 3080. The average Bonchev–Trinajstić information content (AvgIpc) is 3.71. The second kappa shape index (κ2) is 11.6. The van der Waals surface area contributed by atoms with Crippen LogP contribution >= 0.6 is 0 Å². The first kappa shape index (κ1) is 32.5. The Hall–Kier alpha value is -6.78. The van der Waals surface area contributed by atoms with Gasteiger partial charge in [0.15, 0.2) is 0 Å². The van der Waals surface area contributed by atoms with Crippen LogP contribution in [0.15, 0.2) is 170 Å². The van der Waals surface area contributed by atoms with E-state index in [0.29, 0.717) is 0 Å². The molecule has 0 fully saturated rings. The minimum Gasteiger partial charge on any atom is -0.376 e. The summed E-state index contributed by atoms with van der Waals surface area (Å²) in [5.41, 5.74) is 22.8. The maximum atomic E-state index is 2.66. The van der Waals surface area contributed by atoms with E-state index >= 15 is 0 Å². The lowest BCUT2D eigenvalue weighted by atomic mass is 9.43. The fraction of sp³-hybridized carbons (Fsp3) is 0.0943. The van der Waals surface area contributed by atoms with Gasteiger partial charge in [-0.1, -0.05) is 134 Å². The molecule has 1 aliphatic carbocycles. The number of para-hydroxylation sites is 3. The van der Waals surface area contributed by atoms with Gasteiger partial charge in [-0.15, -0.1) is 0 Å². The molecule has 0 unspecified atom stereocenters. The molecule has 0 saturated heterocycles. The van der Waals surface area contributed by atoms with Crippen LogP contribution in [0.1, 0.15) is 36.1 Å². The van der Waals surface area contributed by atoms with Gasteiger partial charge in [0, 0.05) is 50.2 Å². The highest BCUT2D eigenvalue weighted by atomic mass is 15.2. The predicted molar refractivity (Wildman–Crippen MR) is 242 cm³/mol. The monoisotopic (exact) mass is 729 g/mol. The van der Waals surface area contributed by atoms with Gasteiger partial charge in [-0.3, -0.25) is 0 Å². The van der Waals surface area contributed by atoms with E-state index in [2.05, 4.69) is 212 Å². The number of fused-ring (bicyclic) bond motifs is 12. The Kier molecular flexibility index (Phi) is 6.62. The van der Waals surface area contributed by atoms with Gasteiger partial charge in [0.2, 0.25) is 0 Å². The van der Waals surface area contributed by atoms with Crippen molar-refractivity contribution in [1.82, 2.24) is 4.57 Å². The molecule has 57 heavy (non-hydrogen) atoms. The Labute approximate surface area is 334 Å². The summed E-state index contributed by atoms with van der Waals surface area (Å²) in [6.07, 6.45) is 0. The molecule has 0 N–H and O–H groups in total. The molecule has 0 spiro atoms. The van der Waals surface area contributed by atoms with Gasteiger partial charge in [0.05, 0.1) is 16.7 Å². The molecule has 8 aromatic carbocycles. The Morgan fingerprint density at radius 2 is 1.19 bits per heavy atom. The standard InChI is InChI=1S/C53H40BN3/c1-33-23-26-37(27-24-33)57-46-30-28-42-48(38-19-11-13-21-41(38)53(42,3)4)49(46)40-32-47(55(35-15-7-5-8-16-35)36-17-9-6-10-18-36)50-39-20-12-14-22-44(39)56-45-29-25-34(2)31-43(45)54(57)51(40)52(50)56/h5-32H,1-4H3. The van der Waals surface area contributed by atoms with Gasteiger partial charge in [0.1, 0.15) is 0 Å². The van der Waals surface area contributed by atoms with Crippen LogP contribution in [0.5, 0.6) is 0 Å². The first-order valence-corrected chi connectivity index (χ1v) is 20.1. The molecule has 12 rings (SSSR count). The van der Waals surface area contributed by atoms with Crippen molar-refractivity contribution >= 4 is 68.0 Å². The third kappa shape index (κ3) is 4.33. The third-order valence-electron chi connectivity index (χ3n) is 13.0. The lowest BCUT2D eigenvalue weighted by Gasteiger charge is -2.43. The number of rotatable bonds is 4. The van der Waals surface area contributed by atoms with Crippen LogP contribution in [0, 0.1) is 13.8 Å². The summed E-state index contributed by atoms with van der Waals surface area (Å²) >= 11 is 0. The molecule has 0 radical (unpaired) electrons. The quantitative estimate of drug-likeness (QED) is 0.167. The molecule has 9 aromatic rings. The summed E-state index contributed by atoms with van der Waals surface area (Å²) < 4.78 is 2.59. The summed E-state index contributed by atoms with van der Waals surface area (Å²) in [5.74, 6) is 0. The van der Waals surface area contributed by atoms with Crippen molar-refractivity contribution in [3.05, 3.63) is 192 Å². The summed E-state index contributed by atoms with van der Waals surface area (Å²) in [4.78, 5) is 5.15. The molecule has 0 saturated carbocycles. The van der Waals surface area contributed by atoms with E-state index in [-0.39, 0.29) is 12.3 Å². The summed E-state index contributed by atoms with van der Waals surface area (Å²) in [6.45, 7) is 9.16. The maximum Gasteiger partial charge on any atom is 0.333 e. The zero-order chi connectivity index (χ0) is 38.2. The molecule has 4 heteroatoms. The van der Waals surface area contributed by atoms with Crippen molar-refractivity contribution in [3.63, 3.8) is 0 Å². The third-order valence-corrected chi connectivity index (χ3v) is 13.0. The van der Waals surface area contributed by atoms with E-state index < -0.39 is 0 Å². The number of anilines is 5. The first-order valence-electron chi connectivity index (χ1n) is 20.1. The van der Waals surface area contributed by atoms with E-state index in [4.69, 9.17) is 0 Å². The van der Waals surface area contributed by atoms with E-state index in [1.165, 1.54) is 100.0 Å². The minimum absolute atomic E-state index is 0.0527. The Morgan fingerprint density at radius 1 is 0.544 bits per heavy atom. The highest BCUT2D eigenvalue weighted by Gasteiger charge is 2.48. The van der Waals surface area contributed by atoms with E-state index in [9.17, 15) is 0 Å². The molecule has 2 aliphatic heterocycles. The zero-order valence-electron chi connectivity index (χ0n) is 32.6. The number of benzene rings is 8. The SMILES string of the molecule is Cc1ccc(N2B3c4cc(C)ccc4-n4c5ccccc5c5c(N(c6ccccc6)c6ccccc6)cc(c3c54)-c3c2ccc2c3-c3ccccc3C2(C)C)cc1. The molecule has 3 heterocycles. The topological polar surface area (TPSA) is 11.4 Å². The van der Waals surface area contributed by atoms with Crippen LogP contribution in [-0.2, 0) is 5.41 Å². The van der Waals surface area contributed by atoms with Crippen molar-refractivity contribution in [2.45, 2.75) is 33.1 Å². The smallest absolute Gasteiger partial charge is 0.333 e. The molecule has 0 atom stereocenters. The van der Waals surface area contributed by atoms with Gasteiger partial charge in [-0.05, 0) is 113 Å². The molecule has 0 bridgehead atoms. The second-order valence-corrected chi connectivity index (χ2v) is 16.7. The van der Waals surface area contributed by atoms with Crippen molar-refractivity contribution in [2.75, 3.05) is 9.71 Å². The zero-order valence-corrected chi connectivity index (χ0v) is 32.6. The number of aromatic nitrogens is 1. The number of nitrogens with zero attached hydrogens (tertiary/aromatic N) is 3. The molecular weight excluding hydrogens is 689 g/mol. The summed E-state index contributed by atoms with van der Waals surface area (Å²) in [6, 6.07) is 63.7. The van der Waals surface area contributed by atoms with Gasteiger partial charge in [-0.2, -0.15) is 0 Å². The highest BCUT2D eigenvalue weighted by Crippen LogP contribution is 2.58. The molecule has 1 aromatic heterocycles. The fourth-order valence-electron chi connectivity index (χ4n) is 10.6. The van der Waals surface area contributed by atoms with Crippen LogP contribution in [0.2, 0.25) is 0 Å². The normalized spacial score (nSPS) is 14.0. The fourth-order valence-corrected chi connectivity index (χ4v) is 10.6. The lowest BCUT2D eigenvalue weighted by Crippen LogP contribution is -2.60. The average molecular weight is 730 g/mol. The van der Waals surface area contributed by atoms with Crippen LogP contribution in [-0.4, -0.2) is 11.4 Å². The van der Waals surface area contributed by atoms with Gasteiger partial charge >= 0.3 is 6.85 Å². The van der Waals surface area contributed by atoms with Gasteiger partial charge in [-0.25, -0.2) is 0 Å². The van der Waals surface area contributed by atoms with E-state index in [1.807, 2.05) is 0 Å². The molecular formula is C53H40BN3. The highest BCUT2D eigenvalue weighted by molar-refractivity contribution is 6.94. The van der Waals surface area contributed by atoms with E-state index in [1.54, 1.807) is 0 Å². The lowest BCUT2D eigenvalue weighted by molar-refractivity contribution is 0.660. The number of hydrogen-bond acceptors (Lipinski definition) is 2. The van der Waals surface area contributed by atoms with Crippen molar-refractivity contribution in [1.29, 1.82) is 0 Å². The summed E-state index contributed by atoms with van der Waals surface area (Å²) in [7, 11) is 0.